The monoisotopic (exact) mass is 320 g/mol. The Morgan fingerprint density at radius 2 is 1.96 bits per heavy atom. The van der Waals surface area contributed by atoms with Crippen LogP contribution in [0.15, 0.2) is 53.6 Å². The number of anilines is 1. The van der Waals surface area contributed by atoms with E-state index in [9.17, 15) is 10.1 Å². The van der Waals surface area contributed by atoms with E-state index in [0.29, 0.717) is 5.56 Å². The molecule has 0 spiro atoms. The molecule has 0 radical (unpaired) electrons. The lowest BCUT2D eigenvalue weighted by atomic mass is 10.1. The lowest BCUT2D eigenvalue weighted by Gasteiger charge is -2.08. The highest BCUT2D eigenvalue weighted by molar-refractivity contribution is 5.93. The molecule has 6 heteroatoms. The molecule has 0 fully saturated rings. The molecule has 2 aromatic carbocycles. The average Bonchev–Trinajstić information content (AvgIpc) is 2.55. The first-order chi connectivity index (χ1) is 11.5. The molecule has 0 unspecified atom stereocenters. The number of pyridine rings is 1. The molecule has 6 nitrogen and oxygen atoms in total. The summed E-state index contributed by atoms with van der Waals surface area (Å²) in [7, 11) is 0. The predicted molar refractivity (Wildman–Crippen MR) is 95.5 cm³/mol. The maximum Gasteiger partial charge on any atom is 0.278 e. The number of benzene rings is 2. The van der Waals surface area contributed by atoms with Gasteiger partial charge < -0.3 is 0 Å². The molecule has 0 atom stereocenters. The summed E-state index contributed by atoms with van der Waals surface area (Å²) in [5.74, 6) is 0. The number of nitrogens with one attached hydrogen (secondary N) is 1. The van der Waals surface area contributed by atoms with Gasteiger partial charge in [0.2, 0.25) is 0 Å². The van der Waals surface area contributed by atoms with Gasteiger partial charge in [-0.05, 0) is 38.1 Å². The Morgan fingerprint density at radius 3 is 2.75 bits per heavy atom. The van der Waals surface area contributed by atoms with Crippen LogP contribution in [0.1, 0.15) is 16.8 Å². The van der Waals surface area contributed by atoms with Gasteiger partial charge in [0.05, 0.1) is 27.9 Å². The average molecular weight is 320 g/mol. The third kappa shape index (κ3) is 3.22. The van der Waals surface area contributed by atoms with Crippen LogP contribution in [0.4, 0.5) is 11.4 Å². The molecule has 3 aromatic rings. The Morgan fingerprint density at radius 1 is 1.17 bits per heavy atom. The maximum atomic E-state index is 11.0. The first kappa shape index (κ1) is 15.6. The number of para-hydroxylation sites is 1. The molecule has 24 heavy (non-hydrogen) atoms. The zero-order valence-corrected chi connectivity index (χ0v) is 13.4. The molecule has 120 valence electrons. The van der Waals surface area contributed by atoms with Crippen molar-refractivity contribution in [3.05, 3.63) is 75.5 Å². The third-order valence-corrected chi connectivity index (χ3v) is 3.61. The van der Waals surface area contributed by atoms with E-state index in [4.69, 9.17) is 0 Å². The van der Waals surface area contributed by atoms with Crippen molar-refractivity contribution in [1.82, 2.24) is 4.98 Å². The van der Waals surface area contributed by atoms with Gasteiger partial charge in [-0.15, -0.1) is 0 Å². The topological polar surface area (TPSA) is 80.4 Å². The quantitative estimate of drug-likeness (QED) is 0.443. The molecule has 0 bridgehead atoms. The Labute approximate surface area is 139 Å². The SMILES string of the molecule is Cc1ccc2nc(C)cc(N/N=C/c3ccccc3[N+](=O)[O-])c2c1. The summed E-state index contributed by atoms with van der Waals surface area (Å²) in [5, 5.41) is 16.2. The Hall–Kier alpha value is -3.28. The van der Waals surface area contributed by atoms with Gasteiger partial charge in [0.15, 0.2) is 0 Å². The number of fused-ring (bicyclic) bond motifs is 1. The molecule has 3 rings (SSSR count). The van der Waals surface area contributed by atoms with Crippen LogP contribution >= 0.6 is 0 Å². The van der Waals surface area contributed by atoms with E-state index < -0.39 is 4.92 Å². The standard InChI is InChI=1S/C18H16N4O2/c1-12-7-8-16-15(9-12)17(10-13(2)20-16)21-19-11-14-5-3-4-6-18(14)22(23)24/h3-11H,1-2H3,(H,20,21)/b19-11+. The summed E-state index contributed by atoms with van der Waals surface area (Å²) in [6.07, 6.45) is 1.45. The number of hydrazone groups is 1. The van der Waals surface area contributed by atoms with E-state index in [1.54, 1.807) is 18.2 Å². The van der Waals surface area contributed by atoms with Crippen molar-refractivity contribution >= 4 is 28.5 Å². The van der Waals surface area contributed by atoms with Crippen molar-refractivity contribution in [2.24, 2.45) is 5.10 Å². The van der Waals surface area contributed by atoms with E-state index >= 15 is 0 Å². The highest BCUT2D eigenvalue weighted by Crippen LogP contribution is 2.24. The Kier molecular flexibility index (Phi) is 4.20. The van der Waals surface area contributed by atoms with E-state index in [-0.39, 0.29) is 5.69 Å². The van der Waals surface area contributed by atoms with E-state index in [0.717, 1.165) is 27.8 Å². The van der Waals surface area contributed by atoms with Gasteiger partial charge in [-0.1, -0.05) is 23.8 Å². The molecule has 0 saturated carbocycles. The van der Waals surface area contributed by atoms with Crippen molar-refractivity contribution in [2.45, 2.75) is 13.8 Å². The van der Waals surface area contributed by atoms with Gasteiger partial charge in [-0.2, -0.15) is 5.10 Å². The van der Waals surface area contributed by atoms with Gasteiger partial charge in [0.1, 0.15) is 0 Å². The van der Waals surface area contributed by atoms with Gasteiger partial charge in [-0.25, -0.2) is 0 Å². The lowest BCUT2D eigenvalue weighted by molar-refractivity contribution is -0.385. The first-order valence-electron chi connectivity index (χ1n) is 7.45. The molecule has 1 aromatic heterocycles. The summed E-state index contributed by atoms with van der Waals surface area (Å²) in [6.45, 7) is 3.93. The summed E-state index contributed by atoms with van der Waals surface area (Å²) in [6, 6.07) is 14.4. The van der Waals surface area contributed by atoms with Gasteiger partial charge in [-0.3, -0.25) is 20.5 Å². The van der Waals surface area contributed by atoms with Gasteiger partial charge in [0.25, 0.3) is 5.69 Å². The minimum absolute atomic E-state index is 0.0228. The lowest BCUT2D eigenvalue weighted by Crippen LogP contribution is -1.97. The van der Waals surface area contributed by atoms with Gasteiger partial charge >= 0.3 is 0 Å². The van der Waals surface area contributed by atoms with Crippen LogP contribution in [0.2, 0.25) is 0 Å². The third-order valence-electron chi connectivity index (χ3n) is 3.61. The Balaban J connectivity index is 1.94. The number of rotatable bonds is 4. The first-order valence-corrected chi connectivity index (χ1v) is 7.45. The minimum atomic E-state index is -0.420. The fraction of sp³-hybridized carbons (Fsp3) is 0.111. The van der Waals surface area contributed by atoms with Crippen molar-refractivity contribution in [3.8, 4) is 0 Å². The fourth-order valence-electron chi connectivity index (χ4n) is 2.50. The normalized spacial score (nSPS) is 11.1. The fourth-order valence-corrected chi connectivity index (χ4v) is 2.50. The second kappa shape index (κ2) is 6.45. The minimum Gasteiger partial charge on any atom is -0.278 e. The van der Waals surface area contributed by atoms with Gasteiger partial charge in [0, 0.05) is 17.1 Å². The summed E-state index contributed by atoms with van der Waals surface area (Å²) in [4.78, 5) is 15.1. The van der Waals surface area contributed by atoms with Crippen molar-refractivity contribution in [1.29, 1.82) is 0 Å². The van der Waals surface area contributed by atoms with Crippen LogP contribution in [0.3, 0.4) is 0 Å². The summed E-state index contributed by atoms with van der Waals surface area (Å²) in [5.41, 5.74) is 7.13. The number of aryl methyl sites for hydroxylation is 2. The zero-order valence-electron chi connectivity index (χ0n) is 13.4. The zero-order chi connectivity index (χ0) is 17.1. The molecule has 0 aliphatic carbocycles. The van der Waals surface area contributed by atoms with Crippen molar-refractivity contribution < 1.29 is 4.92 Å². The smallest absolute Gasteiger partial charge is 0.278 e. The second-order valence-electron chi connectivity index (χ2n) is 5.52. The maximum absolute atomic E-state index is 11.0. The predicted octanol–water partition coefficient (Wildman–Crippen LogP) is 4.21. The number of aromatic nitrogens is 1. The van der Waals surface area contributed by atoms with Crippen LogP contribution in [0.25, 0.3) is 10.9 Å². The molecule has 1 heterocycles. The van der Waals surface area contributed by atoms with Crippen LogP contribution in [0.5, 0.6) is 0 Å². The van der Waals surface area contributed by atoms with Crippen molar-refractivity contribution in [3.63, 3.8) is 0 Å². The second-order valence-corrected chi connectivity index (χ2v) is 5.52. The molecule has 0 aliphatic rings. The highest BCUT2D eigenvalue weighted by Gasteiger charge is 2.10. The number of nitro groups is 1. The summed E-state index contributed by atoms with van der Waals surface area (Å²) < 4.78 is 0. The highest BCUT2D eigenvalue weighted by atomic mass is 16.6. The van der Waals surface area contributed by atoms with Crippen LogP contribution in [-0.2, 0) is 0 Å². The Bertz CT molecular complexity index is 951. The molecular formula is C18H16N4O2. The molecule has 0 amide bonds. The molecular weight excluding hydrogens is 304 g/mol. The number of nitro benzene ring substituents is 1. The van der Waals surface area contributed by atoms with Crippen LogP contribution in [-0.4, -0.2) is 16.1 Å². The van der Waals surface area contributed by atoms with Crippen molar-refractivity contribution in [2.75, 3.05) is 5.43 Å². The number of hydrogen-bond donors (Lipinski definition) is 1. The van der Waals surface area contributed by atoms with E-state index in [1.165, 1.54) is 12.3 Å². The van der Waals surface area contributed by atoms with E-state index in [1.807, 2.05) is 38.1 Å². The van der Waals surface area contributed by atoms with Crippen LogP contribution in [0, 0.1) is 24.0 Å². The number of nitrogens with zero attached hydrogens (tertiary/aromatic N) is 3. The van der Waals surface area contributed by atoms with E-state index in [2.05, 4.69) is 15.5 Å². The molecule has 0 saturated heterocycles. The largest absolute Gasteiger partial charge is 0.278 e. The van der Waals surface area contributed by atoms with Crippen LogP contribution < -0.4 is 5.43 Å². The molecule has 0 aliphatic heterocycles. The number of hydrogen-bond acceptors (Lipinski definition) is 5. The molecule has 1 N–H and O–H groups in total. The summed E-state index contributed by atoms with van der Waals surface area (Å²) >= 11 is 0.